The number of amides is 3. The average Bonchev–Trinajstić information content (AvgIpc) is 2.68. The molecule has 1 aromatic rings. The number of rotatable bonds is 6. The maximum Gasteiger partial charge on any atom is 0.409 e. The lowest BCUT2D eigenvalue weighted by atomic mass is 10.2. The second-order valence-electron chi connectivity index (χ2n) is 7.01. The van der Waals surface area contributed by atoms with Crippen molar-refractivity contribution < 1.29 is 19.1 Å². The quantitative estimate of drug-likeness (QED) is 0.797. The number of likely N-dealkylation sites (N-methyl/N-ethyl adjacent to an activating group) is 1. The van der Waals surface area contributed by atoms with Gasteiger partial charge >= 0.3 is 6.09 Å². The van der Waals surface area contributed by atoms with Crippen molar-refractivity contribution in [3.63, 3.8) is 0 Å². The average molecular weight is 390 g/mol. The zero-order chi connectivity index (χ0) is 20.7. The van der Waals surface area contributed by atoms with E-state index in [9.17, 15) is 14.4 Å². The highest BCUT2D eigenvalue weighted by molar-refractivity contribution is 5.95. The highest BCUT2D eigenvalue weighted by Crippen LogP contribution is 2.11. The first kappa shape index (κ1) is 21.7. The van der Waals surface area contributed by atoms with E-state index in [4.69, 9.17) is 4.74 Å². The summed E-state index contributed by atoms with van der Waals surface area (Å²) in [6, 6.07) is 7.15. The number of nitrogens with one attached hydrogen (secondary N) is 1. The number of carbonyl (C=O) groups excluding carboxylic acids is 3. The van der Waals surface area contributed by atoms with Crippen LogP contribution in [-0.4, -0.2) is 85.0 Å². The van der Waals surface area contributed by atoms with Gasteiger partial charge in [0.1, 0.15) is 0 Å². The Morgan fingerprint density at radius 1 is 1.14 bits per heavy atom. The van der Waals surface area contributed by atoms with Gasteiger partial charge < -0.3 is 19.9 Å². The van der Waals surface area contributed by atoms with Gasteiger partial charge in [0.25, 0.3) is 0 Å². The van der Waals surface area contributed by atoms with Crippen LogP contribution >= 0.6 is 0 Å². The van der Waals surface area contributed by atoms with Crippen molar-refractivity contribution in [3.05, 3.63) is 29.8 Å². The van der Waals surface area contributed by atoms with Gasteiger partial charge in [0.15, 0.2) is 0 Å². The molecule has 0 saturated carbocycles. The third-order valence-electron chi connectivity index (χ3n) is 4.84. The lowest BCUT2D eigenvalue weighted by molar-refractivity contribution is -0.138. The number of carbonyl (C=O) groups is 3. The maximum atomic E-state index is 12.7. The molecule has 0 radical (unpaired) electrons. The topological polar surface area (TPSA) is 82.2 Å². The lowest BCUT2D eigenvalue weighted by Crippen LogP contribution is -2.55. The molecule has 0 unspecified atom stereocenters. The van der Waals surface area contributed by atoms with Gasteiger partial charge in [-0.15, -0.1) is 0 Å². The van der Waals surface area contributed by atoms with Gasteiger partial charge in [-0.25, -0.2) is 4.79 Å². The Kier molecular flexibility index (Phi) is 7.80. The van der Waals surface area contributed by atoms with Crippen LogP contribution in [0.1, 0.15) is 19.4 Å². The summed E-state index contributed by atoms with van der Waals surface area (Å²) in [6.45, 7) is 8.15. The standard InChI is InChI=1S/C20H30N4O4/c1-5-28-20(27)24-12-10-23(11-13-24)16(3)19(26)22(4)14-18(25)21-17-8-6-15(2)7-9-17/h6-9,16H,5,10-14H2,1-4H3,(H,21,25)/t16-/m0/s1. The monoisotopic (exact) mass is 390 g/mol. The Bertz CT molecular complexity index is 684. The Hall–Kier alpha value is -2.61. The molecule has 0 aromatic heterocycles. The molecule has 1 aliphatic heterocycles. The Balaban J connectivity index is 1.81. The van der Waals surface area contributed by atoms with Gasteiger partial charge in [0, 0.05) is 38.9 Å². The number of benzene rings is 1. The van der Waals surface area contributed by atoms with Gasteiger partial charge in [-0.2, -0.15) is 0 Å². The molecule has 28 heavy (non-hydrogen) atoms. The summed E-state index contributed by atoms with van der Waals surface area (Å²) in [7, 11) is 1.63. The maximum absolute atomic E-state index is 12.7. The minimum atomic E-state index is -0.360. The molecule has 0 bridgehead atoms. The van der Waals surface area contributed by atoms with E-state index in [1.54, 1.807) is 18.9 Å². The number of ether oxygens (including phenoxy) is 1. The number of nitrogens with zero attached hydrogens (tertiary/aromatic N) is 3. The molecule has 0 aliphatic carbocycles. The van der Waals surface area contributed by atoms with Crippen LogP contribution in [0.2, 0.25) is 0 Å². The fraction of sp³-hybridized carbons (Fsp3) is 0.550. The Morgan fingerprint density at radius 3 is 2.32 bits per heavy atom. The molecule has 0 spiro atoms. The normalized spacial score (nSPS) is 15.6. The third-order valence-corrected chi connectivity index (χ3v) is 4.84. The predicted molar refractivity (Wildman–Crippen MR) is 107 cm³/mol. The largest absolute Gasteiger partial charge is 0.450 e. The second-order valence-corrected chi connectivity index (χ2v) is 7.01. The van der Waals surface area contributed by atoms with Crippen molar-refractivity contribution >= 4 is 23.6 Å². The molecule has 1 fully saturated rings. The van der Waals surface area contributed by atoms with Crippen molar-refractivity contribution in [2.45, 2.75) is 26.8 Å². The van der Waals surface area contributed by atoms with Crippen molar-refractivity contribution in [3.8, 4) is 0 Å². The first-order chi connectivity index (χ1) is 13.3. The Morgan fingerprint density at radius 2 is 1.75 bits per heavy atom. The highest BCUT2D eigenvalue weighted by atomic mass is 16.6. The van der Waals surface area contributed by atoms with Gasteiger partial charge in [0.05, 0.1) is 19.2 Å². The molecule has 8 heteroatoms. The molecule has 2 rings (SSSR count). The molecule has 8 nitrogen and oxygen atoms in total. The predicted octanol–water partition coefficient (Wildman–Crippen LogP) is 1.55. The van der Waals surface area contributed by atoms with Crippen LogP contribution in [0.15, 0.2) is 24.3 Å². The lowest BCUT2D eigenvalue weighted by Gasteiger charge is -2.37. The van der Waals surface area contributed by atoms with Crippen LogP contribution in [0.3, 0.4) is 0 Å². The van der Waals surface area contributed by atoms with Crippen LogP contribution in [0, 0.1) is 6.92 Å². The minimum absolute atomic E-state index is 0.0140. The summed E-state index contributed by atoms with van der Waals surface area (Å²) in [5.74, 6) is -0.359. The first-order valence-electron chi connectivity index (χ1n) is 9.59. The van der Waals surface area contributed by atoms with Gasteiger partial charge in [-0.05, 0) is 32.9 Å². The van der Waals surface area contributed by atoms with Crippen LogP contribution in [0.25, 0.3) is 0 Å². The molecule has 1 saturated heterocycles. The van der Waals surface area contributed by atoms with Crippen molar-refractivity contribution in [2.24, 2.45) is 0 Å². The summed E-state index contributed by atoms with van der Waals surface area (Å²) in [4.78, 5) is 41.8. The van der Waals surface area contributed by atoms with E-state index in [-0.39, 0.29) is 30.5 Å². The van der Waals surface area contributed by atoms with E-state index < -0.39 is 0 Å². The number of aryl methyl sites for hydroxylation is 1. The van der Waals surface area contributed by atoms with E-state index >= 15 is 0 Å². The fourth-order valence-electron chi connectivity index (χ4n) is 3.11. The first-order valence-corrected chi connectivity index (χ1v) is 9.59. The smallest absolute Gasteiger partial charge is 0.409 e. The van der Waals surface area contributed by atoms with Crippen LogP contribution in [-0.2, 0) is 14.3 Å². The molecule has 3 amide bonds. The number of hydrogen-bond acceptors (Lipinski definition) is 5. The van der Waals surface area contributed by atoms with E-state index in [2.05, 4.69) is 5.32 Å². The van der Waals surface area contributed by atoms with Crippen molar-refractivity contribution in [2.75, 3.05) is 51.7 Å². The summed E-state index contributed by atoms with van der Waals surface area (Å²) in [5, 5.41) is 2.80. The summed E-state index contributed by atoms with van der Waals surface area (Å²) < 4.78 is 5.01. The van der Waals surface area contributed by atoms with E-state index in [1.165, 1.54) is 4.90 Å². The zero-order valence-corrected chi connectivity index (χ0v) is 17.1. The molecule has 1 aliphatic rings. The SMILES string of the molecule is CCOC(=O)N1CCN([C@@H](C)C(=O)N(C)CC(=O)Nc2ccc(C)cc2)CC1. The molecule has 1 N–H and O–H groups in total. The number of piperazine rings is 1. The molecule has 154 valence electrons. The van der Waals surface area contributed by atoms with Crippen molar-refractivity contribution in [1.29, 1.82) is 0 Å². The van der Waals surface area contributed by atoms with Crippen LogP contribution in [0.4, 0.5) is 10.5 Å². The van der Waals surface area contributed by atoms with Crippen molar-refractivity contribution in [1.82, 2.24) is 14.7 Å². The van der Waals surface area contributed by atoms with Gasteiger partial charge in [-0.3, -0.25) is 14.5 Å². The molecular formula is C20H30N4O4. The van der Waals surface area contributed by atoms with E-state index in [0.29, 0.717) is 38.5 Å². The van der Waals surface area contributed by atoms with Gasteiger partial charge in [-0.1, -0.05) is 17.7 Å². The summed E-state index contributed by atoms with van der Waals surface area (Å²) in [5.41, 5.74) is 1.82. The molecule has 1 heterocycles. The van der Waals surface area contributed by atoms with E-state index in [0.717, 1.165) is 5.56 Å². The zero-order valence-electron chi connectivity index (χ0n) is 17.1. The second kappa shape index (κ2) is 10.1. The van der Waals surface area contributed by atoms with E-state index in [1.807, 2.05) is 43.0 Å². The highest BCUT2D eigenvalue weighted by Gasteiger charge is 2.29. The summed E-state index contributed by atoms with van der Waals surface area (Å²) >= 11 is 0. The Labute approximate surface area is 166 Å². The molecular weight excluding hydrogens is 360 g/mol. The minimum Gasteiger partial charge on any atom is -0.450 e. The molecule has 1 aromatic carbocycles. The molecule has 1 atom stereocenters. The van der Waals surface area contributed by atoms with Crippen LogP contribution < -0.4 is 5.32 Å². The van der Waals surface area contributed by atoms with Crippen LogP contribution in [0.5, 0.6) is 0 Å². The third kappa shape index (κ3) is 5.95. The fourth-order valence-corrected chi connectivity index (χ4v) is 3.11. The van der Waals surface area contributed by atoms with Gasteiger partial charge in [0.2, 0.25) is 11.8 Å². The summed E-state index contributed by atoms with van der Waals surface area (Å²) in [6.07, 6.45) is -0.314. The number of hydrogen-bond donors (Lipinski definition) is 1. The number of anilines is 1.